The van der Waals surface area contributed by atoms with Crippen LogP contribution in [-0.2, 0) is 9.47 Å². The van der Waals surface area contributed by atoms with Crippen molar-refractivity contribution in [2.45, 2.75) is 5.50 Å². The van der Waals surface area contributed by atoms with E-state index in [2.05, 4.69) is 65.3 Å². The molecule has 3 aliphatic heterocycles. The van der Waals surface area contributed by atoms with Crippen LogP contribution in [0, 0.1) is 11.6 Å². The Morgan fingerprint density at radius 3 is 1.85 bits per heavy atom. The first-order valence-electron chi connectivity index (χ1n) is 18.2. The van der Waals surface area contributed by atoms with Crippen molar-refractivity contribution in [3.8, 4) is 0 Å². The van der Waals surface area contributed by atoms with Gasteiger partial charge in [-0.2, -0.15) is 0 Å². The molecule has 0 saturated carbocycles. The first-order chi connectivity index (χ1) is 28.6. The number of nitrogens with two attached hydrogens (primary N) is 1. The average molecular weight is 830 g/mol. The Kier molecular flexibility index (Phi) is 15.6. The molecule has 1 unspecified atom stereocenters. The Morgan fingerprint density at radius 2 is 1.27 bits per heavy atom. The first-order valence-corrected chi connectivity index (χ1v) is 18.6. The lowest BCUT2D eigenvalue weighted by Gasteiger charge is -2.30. The molecule has 0 aliphatic carbocycles. The highest BCUT2D eigenvalue weighted by molar-refractivity contribution is 6.22. The lowest BCUT2D eigenvalue weighted by Crippen LogP contribution is -2.36. The van der Waals surface area contributed by atoms with Gasteiger partial charge in [0.2, 0.25) is 0 Å². The number of hydrogen-bond acceptors (Lipinski definition) is 12. The van der Waals surface area contributed by atoms with Crippen molar-refractivity contribution in [1.29, 1.82) is 0 Å². The second kappa shape index (κ2) is 21.2. The standard InChI is InChI=1S/C12H14ClN3O.C12H13N3O2.C8H5FN2O.C7H6FNO2.C2H4/c13-12-10-2-1-9(7-11(10)14-8-15-12)16-3-5-17-6-4-16;16-12-10-2-1-9(7-11(10)13-8-14-12)15-3-5-17-6-4-15;9-5-1-2-6-7(3-5)10-4-11-8(6)12;8-4-1-2-5(7(10)11)6(9)3-4;1-2/h1-2,7-8,12H,3-6H2,(H,14,15);1-2,7-8H,3-6H2,(H,13,14,16);1-4H,(H,10,11,12);1-3H,9H2,(H,10,11);1-2H2. The third-order valence-corrected chi connectivity index (χ3v) is 9.29. The van der Waals surface area contributed by atoms with Crippen molar-refractivity contribution in [3.63, 3.8) is 0 Å². The first kappa shape index (κ1) is 43.4. The molecule has 6 aromatic rings. The van der Waals surface area contributed by atoms with Gasteiger partial charge in [0.05, 0.1) is 72.8 Å². The summed E-state index contributed by atoms with van der Waals surface area (Å²) in [6.45, 7) is 12.7. The molecule has 0 radical (unpaired) electrons. The number of alkyl halides is 1. The summed E-state index contributed by atoms with van der Waals surface area (Å²) in [6.07, 6.45) is 4.35. The number of aliphatic imine (C=N–C) groups is 1. The second-order valence-electron chi connectivity index (χ2n) is 12.6. The van der Waals surface area contributed by atoms with Gasteiger partial charge in [-0.1, -0.05) is 17.7 Å². The van der Waals surface area contributed by atoms with E-state index in [1.54, 1.807) is 6.34 Å². The van der Waals surface area contributed by atoms with Crippen molar-refractivity contribution in [1.82, 2.24) is 19.9 Å². The van der Waals surface area contributed by atoms with Crippen molar-refractivity contribution >= 4 is 68.5 Å². The molecule has 5 heterocycles. The highest BCUT2D eigenvalue weighted by atomic mass is 35.5. The molecule has 3 aliphatic rings. The number of carboxylic acid groups (broad SMARTS) is 1. The summed E-state index contributed by atoms with van der Waals surface area (Å²) in [5, 5.41) is 12.6. The number of nitrogens with one attached hydrogen (secondary N) is 3. The highest BCUT2D eigenvalue weighted by Crippen LogP contribution is 2.34. The highest BCUT2D eigenvalue weighted by Gasteiger charge is 2.18. The lowest BCUT2D eigenvalue weighted by molar-refractivity contribution is 0.0698. The van der Waals surface area contributed by atoms with Crippen LogP contribution < -0.4 is 32.0 Å². The molecule has 15 nitrogen and oxygen atoms in total. The van der Waals surface area contributed by atoms with Crippen LogP contribution >= 0.6 is 11.6 Å². The third kappa shape index (κ3) is 11.7. The van der Waals surface area contributed by atoms with E-state index in [-0.39, 0.29) is 33.7 Å². The fraction of sp³-hybridized carbons (Fsp3) is 0.220. The molecule has 4 aromatic carbocycles. The largest absolute Gasteiger partial charge is 0.478 e. The van der Waals surface area contributed by atoms with E-state index in [1.807, 2.05) is 24.3 Å². The zero-order chi connectivity index (χ0) is 42.3. The number of aromatic nitrogens is 4. The van der Waals surface area contributed by atoms with E-state index >= 15 is 0 Å². The summed E-state index contributed by atoms with van der Waals surface area (Å²) in [7, 11) is 0. The van der Waals surface area contributed by atoms with Crippen molar-refractivity contribution in [2.75, 3.05) is 73.5 Å². The number of ether oxygens (including phenoxy) is 2. The zero-order valence-corrected chi connectivity index (χ0v) is 32.5. The smallest absolute Gasteiger partial charge is 0.337 e. The van der Waals surface area contributed by atoms with Crippen molar-refractivity contribution in [3.05, 3.63) is 142 Å². The van der Waals surface area contributed by atoms with Gasteiger partial charge in [0.25, 0.3) is 11.1 Å². The van der Waals surface area contributed by atoms with Gasteiger partial charge in [-0.05, 0) is 60.7 Å². The summed E-state index contributed by atoms with van der Waals surface area (Å²) in [5.74, 6) is -2.07. The molecule has 0 amide bonds. The fourth-order valence-corrected chi connectivity index (χ4v) is 6.24. The number of H-pyrrole nitrogens is 2. The van der Waals surface area contributed by atoms with E-state index in [4.69, 9.17) is 31.9 Å². The Morgan fingerprint density at radius 1 is 0.763 bits per heavy atom. The van der Waals surface area contributed by atoms with Gasteiger partial charge in [0.1, 0.15) is 11.6 Å². The molecular weight excluding hydrogens is 788 g/mol. The van der Waals surface area contributed by atoms with Crippen LogP contribution in [0.1, 0.15) is 21.4 Å². The van der Waals surface area contributed by atoms with Gasteiger partial charge < -0.3 is 45.4 Å². The second-order valence-corrected chi connectivity index (χ2v) is 13.0. The minimum Gasteiger partial charge on any atom is -0.478 e. The minimum atomic E-state index is -1.15. The molecular formula is C41H42ClF2N9O6. The van der Waals surface area contributed by atoms with Gasteiger partial charge >= 0.3 is 5.97 Å². The van der Waals surface area contributed by atoms with Crippen LogP contribution in [0.25, 0.3) is 21.8 Å². The number of rotatable bonds is 3. The molecule has 6 N–H and O–H groups in total. The SMILES string of the molecule is C=C.ClC1N=CNc2cc(N3CCOCC3)ccc21.Nc1cc(F)ccc1C(=O)O.O=c1[nH]cnc2cc(F)ccc12.O=c1[nH]cnc2cc(N3CCOCC3)ccc12. The summed E-state index contributed by atoms with van der Waals surface area (Å²) in [5.41, 5.74) is 9.94. The average Bonchev–Trinajstić information content (AvgIpc) is 3.25. The molecule has 2 aromatic heterocycles. The maximum Gasteiger partial charge on any atom is 0.337 e. The van der Waals surface area contributed by atoms with E-state index < -0.39 is 11.8 Å². The molecule has 0 spiro atoms. The minimum absolute atomic E-state index is 0.0579. The fourth-order valence-electron chi connectivity index (χ4n) is 5.99. The van der Waals surface area contributed by atoms with Gasteiger partial charge in [-0.15, -0.1) is 13.2 Å². The lowest BCUT2D eigenvalue weighted by atomic mass is 10.1. The van der Waals surface area contributed by atoms with Gasteiger partial charge in [-0.3, -0.25) is 14.6 Å². The molecule has 308 valence electrons. The zero-order valence-electron chi connectivity index (χ0n) is 31.7. The summed E-state index contributed by atoms with van der Waals surface area (Å²) < 4.78 is 35.6. The number of carbonyl (C=O) groups is 1. The quantitative estimate of drug-likeness (QED) is 0.0609. The number of fused-ring (bicyclic) bond motifs is 3. The number of benzene rings is 4. The molecule has 9 rings (SSSR count). The van der Waals surface area contributed by atoms with Gasteiger partial charge in [-0.25, -0.2) is 23.5 Å². The number of nitrogen functional groups attached to an aromatic ring is 1. The van der Waals surface area contributed by atoms with Crippen LogP contribution in [0.15, 0.2) is 113 Å². The number of hydrogen-bond donors (Lipinski definition) is 5. The maximum absolute atomic E-state index is 12.6. The molecule has 2 saturated heterocycles. The summed E-state index contributed by atoms with van der Waals surface area (Å²) >= 11 is 6.11. The molecule has 0 bridgehead atoms. The number of aromatic carboxylic acids is 1. The van der Waals surface area contributed by atoms with E-state index in [1.165, 1.54) is 36.5 Å². The van der Waals surface area contributed by atoms with Crippen LogP contribution in [-0.4, -0.2) is 90.0 Å². The molecule has 1 atom stereocenters. The molecule has 2 fully saturated rings. The van der Waals surface area contributed by atoms with Gasteiger partial charge in [0.15, 0.2) is 5.50 Å². The van der Waals surface area contributed by atoms with Crippen molar-refractivity contribution < 1.29 is 28.2 Å². The summed E-state index contributed by atoms with van der Waals surface area (Å²) in [4.78, 5) is 54.6. The van der Waals surface area contributed by atoms with Crippen molar-refractivity contribution in [2.24, 2.45) is 4.99 Å². The Bertz CT molecular complexity index is 2510. The van der Waals surface area contributed by atoms with E-state index in [0.29, 0.717) is 16.3 Å². The number of carboxylic acids is 1. The predicted octanol–water partition coefficient (Wildman–Crippen LogP) is 5.94. The maximum atomic E-state index is 12.6. The molecule has 18 heteroatoms. The molecule has 59 heavy (non-hydrogen) atoms. The Hall–Kier alpha value is -6.69. The van der Waals surface area contributed by atoms with Gasteiger partial charge in [0, 0.05) is 60.6 Å². The van der Waals surface area contributed by atoms with Crippen LogP contribution in [0.5, 0.6) is 0 Å². The number of morpholine rings is 2. The Labute approximate surface area is 341 Å². The number of halogens is 3. The topological polar surface area (TPSA) is 204 Å². The van der Waals surface area contributed by atoms with E-state index in [0.717, 1.165) is 93.3 Å². The monoisotopic (exact) mass is 829 g/mol. The number of anilines is 4. The summed E-state index contributed by atoms with van der Waals surface area (Å²) in [6, 6.07) is 19.0. The predicted molar refractivity (Wildman–Crippen MR) is 227 cm³/mol. The van der Waals surface area contributed by atoms with Crippen LogP contribution in [0.3, 0.4) is 0 Å². The normalized spacial score (nSPS) is 15.3. The Balaban J connectivity index is 0.000000150. The van der Waals surface area contributed by atoms with E-state index in [9.17, 15) is 23.2 Å². The van der Waals surface area contributed by atoms with Crippen LogP contribution in [0.2, 0.25) is 0 Å². The number of aromatic amines is 2. The third-order valence-electron chi connectivity index (χ3n) is 8.94. The van der Waals surface area contributed by atoms with Crippen LogP contribution in [0.4, 0.5) is 31.5 Å². The number of nitrogens with zero attached hydrogens (tertiary/aromatic N) is 5.